The smallest absolute Gasteiger partial charge is 0.247 e. The third kappa shape index (κ3) is 1.94. The van der Waals surface area contributed by atoms with Crippen LogP contribution in [0.5, 0.6) is 11.5 Å². The first kappa shape index (κ1) is 10.8. The lowest BCUT2D eigenvalue weighted by Gasteiger charge is -2.03. The van der Waals surface area contributed by atoms with Gasteiger partial charge in [-0.1, -0.05) is 0 Å². The van der Waals surface area contributed by atoms with Crippen molar-refractivity contribution in [2.45, 2.75) is 5.88 Å². The number of alkyl halides is 1. The second-order valence-electron chi connectivity index (χ2n) is 3.02. The molecule has 0 atom stereocenters. The first-order chi connectivity index (χ1) is 7.74. The molecule has 0 radical (unpaired) electrons. The summed E-state index contributed by atoms with van der Waals surface area (Å²) in [5.41, 5.74) is 0.613. The van der Waals surface area contributed by atoms with Gasteiger partial charge in [0.1, 0.15) is 5.88 Å². The van der Waals surface area contributed by atoms with Crippen LogP contribution in [-0.4, -0.2) is 22.4 Å². The molecule has 0 fully saturated rings. The molecule has 0 aliphatic rings. The molecule has 84 valence electrons. The van der Waals surface area contributed by atoms with Crippen LogP contribution in [0.1, 0.15) is 5.89 Å². The van der Waals surface area contributed by atoms with Gasteiger partial charge in [-0.3, -0.25) is 0 Å². The monoisotopic (exact) mass is 240 g/mol. The number of halogens is 1. The second-order valence-corrected chi connectivity index (χ2v) is 3.29. The zero-order valence-corrected chi connectivity index (χ0v) is 9.23. The highest BCUT2D eigenvalue weighted by Gasteiger charge is 2.10. The van der Waals surface area contributed by atoms with Gasteiger partial charge < -0.3 is 14.3 Å². The van der Waals surface area contributed by atoms with E-state index in [0.717, 1.165) is 0 Å². The van der Waals surface area contributed by atoms with Gasteiger partial charge in [0.05, 0.1) is 7.11 Å². The van der Waals surface area contributed by atoms with Crippen molar-refractivity contribution in [3.63, 3.8) is 0 Å². The van der Waals surface area contributed by atoms with Crippen LogP contribution in [0.2, 0.25) is 0 Å². The maximum atomic E-state index is 9.58. The van der Waals surface area contributed by atoms with Crippen molar-refractivity contribution in [3.05, 3.63) is 24.1 Å². The maximum Gasteiger partial charge on any atom is 0.247 e. The zero-order valence-electron chi connectivity index (χ0n) is 8.48. The Bertz CT molecular complexity index is 499. The molecule has 0 aliphatic carbocycles. The Morgan fingerprint density at radius 1 is 1.44 bits per heavy atom. The van der Waals surface area contributed by atoms with Crippen LogP contribution < -0.4 is 4.74 Å². The Balaban J connectivity index is 2.37. The number of aromatic hydroxyl groups is 1. The Morgan fingerprint density at radius 3 is 2.81 bits per heavy atom. The molecule has 1 N–H and O–H groups in total. The van der Waals surface area contributed by atoms with Crippen molar-refractivity contribution in [3.8, 4) is 23.0 Å². The lowest BCUT2D eigenvalue weighted by molar-refractivity contribution is 0.373. The molecule has 0 saturated heterocycles. The summed E-state index contributed by atoms with van der Waals surface area (Å²) in [6.45, 7) is 0. The quantitative estimate of drug-likeness (QED) is 0.833. The van der Waals surface area contributed by atoms with Crippen molar-refractivity contribution >= 4 is 11.6 Å². The summed E-state index contributed by atoms with van der Waals surface area (Å²) in [5, 5.41) is 17.1. The Labute approximate surface area is 96.6 Å². The minimum absolute atomic E-state index is 0.0191. The average Bonchev–Trinajstić information content (AvgIpc) is 2.77. The van der Waals surface area contributed by atoms with E-state index in [4.69, 9.17) is 20.8 Å². The van der Waals surface area contributed by atoms with E-state index in [-0.39, 0.29) is 11.6 Å². The first-order valence-electron chi connectivity index (χ1n) is 4.50. The average molecular weight is 241 g/mol. The molecule has 1 aromatic heterocycles. The largest absolute Gasteiger partial charge is 0.504 e. The molecule has 0 amide bonds. The number of rotatable bonds is 3. The summed E-state index contributed by atoms with van der Waals surface area (Å²) < 4.78 is 10.2. The van der Waals surface area contributed by atoms with E-state index in [1.54, 1.807) is 12.1 Å². The zero-order chi connectivity index (χ0) is 11.5. The van der Waals surface area contributed by atoms with E-state index in [9.17, 15) is 5.11 Å². The van der Waals surface area contributed by atoms with Crippen LogP contribution in [-0.2, 0) is 5.88 Å². The van der Waals surface area contributed by atoms with Gasteiger partial charge in [-0.2, -0.15) is 0 Å². The standard InChI is InChI=1S/C10H9ClN2O3/c1-15-8-3-2-6(4-7(8)14)10-13-12-9(5-11)16-10/h2-4,14H,5H2,1H3. The number of nitrogens with zero attached hydrogens (tertiary/aromatic N) is 2. The molecule has 0 spiro atoms. The number of benzene rings is 1. The van der Waals surface area contributed by atoms with Crippen molar-refractivity contribution in [2.75, 3.05) is 7.11 Å². The lowest BCUT2D eigenvalue weighted by Crippen LogP contribution is -1.84. The predicted molar refractivity (Wildman–Crippen MR) is 57.5 cm³/mol. The second kappa shape index (κ2) is 4.40. The van der Waals surface area contributed by atoms with Gasteiger partial charge in [0, 0.05) is 5.56 Å². The van der Waals surface area contributed by atoms with Crippen LogP contribution in [0.4, 0.5) is 0 Å². The Hall–Kier alpha value is -1.75. The maximum absolute atomic E-state index is 9.58. The van der Waals surface area contributed by atoms with Crippen LogP contribution in [0, 0.1) is 0 Å². The van der Waals surface area contributed by atoms with Gasteiger partial charge >= 0.3 is 0 Å². The van der Waals surface area contributed by atoms with Crippen molar-refractivity contribution in [1.82, 2.24) is 10.2 Å². The van der Waals surface area contributed by atoms with Crippen LogP contribution >= 0.6 is 11.6 Å². The van der Waals surface area contributed by atoms with Gasteiger partial charge in [0.25, 0.3) is 0 Å². The minimum Gasteiger partial charge on any atom is -0.504 e. The van der Waals surface area contributed by atoms with E-state index in [1.165, 1.54) is 13.2 Å². The van der Waals surface area contributed by atoms with Crippen LogP contribution in [0.3, 0.4) is 0 Å². The summed E-state index contributed by atoms with van der Waals surface area (Å²) in [6.07, 6.45) is 0. The number of phenols is 1. The fourth-order valence-electron chi connectivity index (χ4n) is 1.25. The van der Waals surface area contributed by atoms with Crippen molar-refractivity contribution in [1.29, 1.82) is 0 Å². The highest BCUT2D eigenvalue weighted by Crippen LogP contribution is 2.30. The van der Waals surface area contributed by atoms with E-state index in [1.807, 2.05) is 0 Å². The molecule has 1 heterocycles. The number of hydrogen-bond acceptors (Lipinski definition) is 5. The third-order valence-electron chi connectivity index (χ3n) is 2.01. The SMILES string of the molecule is COc1ccc(-c2nnc(CCl)o2)cc1O. The topological polar surface area (TPSA) is 68.4 Å². The molecule has 0 bridgehead atoms. The van der Waals surface area contributed by atoms with Crippen molar-refractivity contribution < 1.29 is 14.3 Å². The van der Waals surface area contributed by atoms with Gasteiger partial charge in [-0.05, 0) is 18.2 Å². The summed E-state index contributed by atoms with van der Waals surface area (Å²) in [5.74, 6) is 1.22. The van der Waals surface area contributed by atoms with E-state index < -0.39 is 0 Å². The minimum atomic E-state index is 0.0191. The van der Waals surface area contributed by atoms with Gasteiger partial charge in [-0.15, -0.1) is 21.8 Å². The van der Waals surface area contributed by atoms with Crippen LogP contribution in [0.25, 0.3) is 11.5 Å². The van der Waals surface area contributed by atoms with E-state index >= 15 is 0 Å². The molecule has 16 heavy (non-hydrogen) atoms. The molecule has 0 unspecified atom stereocenters. The molecule has 0 saturated carbocycles. The lowest BCUT2D eigenvalue weighted by atomic mass is 10.2. The van der Waals surface area contributed by atoms with Gasteiger partial charge in [0.2, 0.25) is 11.8 Å². The fraction of sp³-hybridized carbons (Fsp3) is 0.200. The predicted octanol–water partition coefficient (Wildman–Crippen LogP) is 2.19. The summed E-state index contributed by atoms with van der Waals surface area (Å²) in [4.78, 5) is 0. The molecule has 0 aliphatic heterocycles. The summed E-state index contributed by atoms with van der Waals surface area (Å²) in [7, 11) is 1.48. The Kier molecular flexibility index (Phi) is 2.96. The first-order valence-corrected chi connectivity index (χ1v) is 5.03. The highest BCUT2D eigenvalue weighted by molar-refractivity contribution is 6.16. The van der Waals surface area contributed by atoms with Gasteiger partial charge in [0.15, 0.2) is 11.5 Å². The molecular formula is C10H9ClN2O3. The number of phenolic OH excluding ortho intramolecular Hbond substituents is 1. The highest BCUT2D eigenvalue weighted by atomic mass is 35.5. The number of ether oxygens (including phenoxy) is 1. The van der Waals surface area contributed by atoms with Crippen molar-refractivity contribution in [2.24, 2.45) is 0 Å². The molecule has 5 nitrogen and oxygen atoms in total. The normalized spacial score (nSPS) is 10.4. The molecule has 2 rings (SSSR count). The number of aromatic nitrogens is 2. The molecule has 2 aromatic rings. The number of hydrogen-bond donors (Lipinski definition) is 1. The molecular weight excluding hydrogens is 232 g/mol. The van der Waals surface area contributed by atoms with Gasteiger partial charge in [-0.25, -0.2) is 0 Å². The number of methoxy groups -OCH3 is 1. The third-order valence-corrected chi connectivity index (χ3v) is 2.24. The van der Waals surface area contributed by atoms with Crippen LogP contribution in [0.15, 0.2) is 22.6 Å². The summed E-state index contributed by atoms with van der Waals surface area (Å²) in [6, 6.07) is 4.82. The molecule has 6 heteroatoms. The molecule has 1 aromatic carbocycles. The Morgan fingerprint density at radius 2 is 2.25 bits per heavy atom. The van der Waals surface area contributed by atoms with E-state index in [0.29, 0.717) is 23.1 Å². The fourth-order valence-corrected chi connectivity index (χ4v) is 1.36. The summed E-state index contributed by atoms with van der Waals surface area (Å²) >= 11 is 5.54. The van der Waals surface area contributed by atoms with E-state index in [2.05, 4.69) is 10.2 Å².